The quantitative estimate of drug-likeness (QED) is 0.433. The molecule has 0 bridgehead atoms. The van der Waals surface area contributed by atoms with Crippen molar-refractivity contribution in [2.45, 2.75) is 103 Å². The van der Waals surface area contributed by atoms with Gasteiger partial charge in [0.25, 0.3) is 0 Å². The number of rotatable bonds is 7. The van der Waals surface area contributed by atoms with Crippen LogP contribution in [0.3, 0.4) is 0 Å². The Labute approximate surface area is 198 Å². The van der Waals surface area contributed by atoms with Gasteiger partial charge in [0.1, 0.15) is 0 Å². The maximum atomic E-state index is 10.4. The van der Waals surface area contributed by atoms with Gasteiger partial charge in [0.2, 0.25) is 0 Å². The fourth-order valence-corrected chi connectivity index (χ4v) is 7.95. The van der Waals surface area contributed by atoms with Crippen LogP contribution in [0.25, 0.3) is 0 Å². The van der Waals surface area contributed by atoms with Gasteiger partial charge >= 0.3 is 0 Å². The van der Waals surface area contributed by atoms with Crippen LogP contribution in [0.1, 0.15) is 95.5 Å². The summed E-state index contributed by atoms with van der Waals surface area (Å²) in [5.41, 5.74) is 3.19. The highest BCUT2D eigenvalue weighted by atomic mass is 32.1. The topological polar surface area (TPSA) is 60.7 Å². The van der Waals surface area contributed by atoms with E-state index in [1.807, 2.05) is 17.5 Å². The molecule has 4 heteroatoms. The first-order valence-electron chi connectivity index (χ1n) is 12.8. The van der Waals surface area contributed by atoms with Gasteiger partial charge in [-0.05, 0) is 92.4 Å². The van der Waals surface area contributed by atoms with Gasteiger partial charge in [-0.25, -0.2) is 0 Å². The minimum atomic E-state index is -0.393. The molecule has 32 heavy (non-hydrogen) atoms. The van der Waals surface area contributed by atoms with Gasteiger partial charge in [0.05, 0.1) is 18.3 Å². The summed E-state index contributed by atoms with van der Waals surface area (Å²) >= 11 is 1.66. The summed E-state index contributed by atoms with van der Waals surface area (Å²) in [5.74, 6) is 2.14. The van der Waals surface area contributed by atoms with Crippen LogP contribution in [-0.4, -0.2) is 27.5 Å². The molecule has 0 radical (unpaired) electrons. The van der Waals surface area contributed by atoms with Crippen molar-refractivity contribution in [1.82, 2.24) is 0 Å². The molecule has 3 aliphatic rings. The molecule has 3 N–H and O–H groups in total. The zero-order valence-electron chi connectivity index (χ0n) is 19.9. The van der Waals surface area contributed by atoms with E-state index >= 15 is 0 Å². The first-order valence-corrected chi connectivity index (χ1v) is 13.7. The van der Waals surface area contributed by atoms with Gasteiger partial charge in [-0.15, -0.1) is 11.3 Å². The van der Waals surface area contributed by atoms with E-state index in [9.17, 15) is 15.3 Å². The molecule has 3 fully saturated rings. The third kappa shape index (κ3) is 5.41. The molecule has 7 atom stereocenters. The molecule has 0 unspecified atom stereocenters. The smallest absolute Gasteiger partial charge is 0.0882 e. The molecule has 3 saturated carbocycles. The summed E-state index contributed by atoms with van der Waals surface area (Å²) in [6.07, 6.45) is 15.0. The Bertz CT molecular complexity index is 786. The number of thiophene rings is 1. The van der Waals surface area contributed by atoms with Crippen molar-refractivity contribution in [2.24, 2.45) is 23.2 Å². The predicted molar refractivity (Wildman–Crippen MR) is 132 cm³/mol. The van der Waals surface area contributed by atoms with Crippen LogP contribution in [0, 0.1) is 23.2 Å². The lowest BCUT2D eigenvalue weighted by molar-refractivity contribution is 0.0609. The number of allylic oxidation sites excluding steroid dienone is 3. The Balaban J connectivity index is 1.36. The zero-order valence-corrected chi connectivity index (χ0v) is 20.7. The summed E-state index contributed by atoms with van der Waals surface area (Å²) in [6, 6.07) is 4.06. The van der Waals surface area contributed by atoms with Crippen molar-refractivity contribution >= 4 is 11.3 Å². The molecule has 178 valence electrons. The summed E-state index contributed by atoms with van der Waals surface area (Å²) in [7, 11) is 0. The largest absolute Gasteiger partial charge is 0.393 e. The van der Waals surface area contributed by atoms with Crippen LogP contribution in [0.5, 0.6) is 0 Å². The molecular weight excluding hydrogens is 416 g/mol. The van der Waals surface area contributed by atoms with Crippen LogP contribution in [0.2, 0.25) is 0 Å². The Morgan fingerprint density at radius 2 is 1.94 bits per heavy atom. The summed E-state index contributed by atoms with van der Waals surface area (Å²) in [6.45, 7) is 4.99. The summed E-state index contributed by atoms with van der Waals surface area (Å²) < 4.78 is 0. The Morgan fingerprint density at radius 3 is 2.66 bits per heavy atom. The molecule has 1 aromatic rings. The monoisotopic (exact) mass is 458 g/mol. The second kappa shape index (κ2) is 10.5. The van der Waals surface area contributed by atoms with Crippen molar-refractivity contribution in [3.05, 3.63) is 45.7 Å². The van der Waals surface area contributed by atoms with Gasteiger partial charge < -0.3 is 15.3 Å². The van der Waals surface area contributed by atoms with Crippen molar-refractivity contribution in [3.63, 3.8) is 0 Å². The third-order valence-corrected chi connectivity index (χ3v) is 9.78. The van der Waals surface area contributed by atoms with Gasteiger partial charge in [-0.3, -0.25) is 0 Å². The molecule has 4 rings (SSSR count). The highest BCUT2D eigenvalue weighted by Gasteiger charge is 2.50. The molecule has 1 aromatic heterocycles. The highest BCUT2D eigenvalue weighted by Crippen LogP contribution is 2.60. The lowest BCUT2D eigenvalue weighted by Gasteiger charge is -2.44. The number of hydrogen-bond donors (Lipinski definition) is 3. The zero-order chi connectivity index (χ0) is 22.7. The Kier molecular flexibility index (Phi) is 7.97. The second-order valence-corrected chi connectivity index (χ2v) is 12.0. The lowest BCUT2D eigenvalue weighted by Crippen LogP contribution is -2.36. The van der Waals surface area contributed by atoms with Crippen LogP contribution in [0.15, 0.2) is 40.8 Å². The van der Waals surface area contributed by atoms with E-state index in [0.717, 1.165) is 23.6 Å². The standard InChI is InChI=1S/C28H42O3S/c1-19(6-3-8-26(31)27-9-5-15-32-27)24-12-13-25-21(7-4-14-28(24,25)2)11-10-20-16-22(29)18-23(30)17-20/h5,9-11,15,19,22-26,29-31H,3-4,6-8,12-14,16-18H2,1-2H3/b21-11+/t19-,22-,23-,24-,25+,26-,28-/m1/s1. The molecule has 0 amide bonds. The average molecular weight is 459 g/mol. The van der Waals surface area contributed by atoms with E-state index in [2.05, 4.69) is 26.0 Å². The van der Waals surface area contributed by atoms with E-state index < -0.39 is 12.2 Å². The van der Waals surface area contributed by atoms with Crippen LogP contribution in [-0.2, 0) is 0 Å². The van der Waals surface area contributed by atoms with Crippen molar-refractivity contribution in [3.8, 4) is 0 Å². The van der Waals surface area contributed by atoms with E-state index in [1.54, 1.807) is 16.9 Å². The normalized spacial score (nSPS) is 36.2. The molecule has 0 aromatic carbocycles. The van der Waals surface area contributed by atoms with E-state index in [4.69, 9.17) is 0 Å². The first-order chi connectivity index (χ1) is 15.4. The minimum Gasteiger partial charge on any atom is -0.393 e. The Hall–Kier alpha value is -0.940. The van der Waals surface area contributed by atoms with Gasteiger partial charge in [-0.2, -0.15) is 0 Å². The predicted octanol–water partition coefficient (Wildman–Crippen LogP) is 6.56. The molecule has 0 aliphatic heterocycles. The van der Waals surface area contributed by atoms with Crippen LogP contribution >= 0.6 is 11.3 Å². The highest BCUT2D eigenvalue weighted by molar-refractivity contribution is 7.10. The van der Waals surface area contributed by atoms with Crippen molar-refractivity contribution in [2.75, 3.05) is 0 Å². The number of hydrogen-bond acceptors (Lipinski definition) is 4. The molecule has 0 spiro atoms. The van der Waals surface area contributed by atoms with E-state index in [-0.39, 0.29) is 6.10 Å². The number of aliphatic hydroxyl groups excluding tert-OH is 3. The molecular formula is C28H42O3S. The molecule has 3 aliphatic carbocycles. The Morgan fingerprint density at radius 1 is 1.16 bits per heavy atom. The number of aliphatic hydroxyl groups is 3. The third-order valence-electron chi connectivity index (χ3n) is 8.81. The fourth-order valence-electron chi connectivity index (χ4n) is 7.20. The SMILES string of the molecule is C[C@H](CCC[C@@H](O)c1cccs1)[C@H]1CC[C@H]2/C(=C/C=C3C[C@@H](O)C[C@H](O)C3)CCC[C@]12C. The van der Waals surface area contributed by atoms with E-state index in [1.165, 1.54) is 44.1 Å². The van der Waals surface area contributed by atoms with E-state index in [0.29, 0.717) is 36.5 Å². The molecule has 0 saturated heterocycles. The fraction of sp³-hybridized carbons (Fsp3) is 0.714. The van der Waals surface area contributed by atoms with Gasteiger partial charge in [-0.1, -0.05) is 56.1 Å². The van der Waals surface area contributed by atoms with Crippen LogP contribution < -0.4 is 0 Å². The lowest BCUT2D eigenvalue weighted by atomic mass is 9.60. The summed E-state index contributed by atoms with van der Waals surface area (Å²) in [5, 5.41) is 32.5. The second-order valence-electron chi connectivity index (χ2n) is 11.1. The minimum absolute atomic E-state index is 0.303. The van der Waals surface area contributed by atoms with Crippen molar-refractivity contribution < 1.29 is 15.3 Å². The first kappa shape index (κ1) is 24.2. The number of fused-ring (bicyclic) bond motifs is 1. The van der Waals surface area contributed by atoms with Gasteiger partial charge in [0, 0.05) is 4.88 Å². The maximum absolute atomic E-state index is 10.4. The summed E-state index contributed by atoms with van der Waals surface area (Å²) in [4.78, 5) is 1.10. The molecule has 1 heterocycles. The van der Waals surface area contributed by atoms with Crippen molar-refractivity contribution in [1.29, 1.82) is 0 Å². The maximum Gasteiger partial charge on any atom is 0.0882 e. The van der Waals surface area contributed by atoms with Gasteiger partial charge in [0.15, 0.2) is 0 Å². The van der Waals surface area contributed by atoms with Crippen LogP contribution in [0.4, 0.5) is 0 Å². The average Bonchev–Trinajstić information content (AvgIpc) is 3.39. The molecule has 3 nitrogen and oxygen atoms in total.